The maximum atomic E-state index is 11.2. The van der Waals surface area contributed by atoms with Crippen LogP contribution in [0.1, 0.15) is 43.5 Å². The molecular formula is C13H17N3O4. The molecule has 2 N–H and O–H groups in total. The lowest BCUT2D eigenvalue weighted by Crippen LogP contribution is -2.20. The van der Waals surface area contributed by atoms with Crippen LogP contribution in [0.5, 0.6) is 0 Å². The number of nitrogens with one attached hydrogen (secondary N) is 1. The van der Waals surface area contributed by atoms with Crippen LogP contribution in [0.25, 0.3) is 0 Å². The molecule has 7 nitrogen and oxygen atoms in total. The number of anilines is 1. The number of hydrogen-bond donors (Lipinski definition) is 2. The molecule has 1 atom stereocenters. The molecule has 1 fully saturated rings. The molecule has 20 heavy (non-hydrogen) atoms. The van der Waals surface area contributed by atoms with Gasteiger partial charge in [-0.1, -0.05) is 13.8 Å². The highest BCUT2D eigenvalue weighted by Gasteiger charge is 2.31. The third-order valence-electron chi connectivity index (χ3n) is 3.62. The van der Waals surface area contributed by atoms with Crippen molar-refractivity contribution in [2.45, 2.75) is 39.2 Å². The van der Waals surface area contributed by atoms with Crippen molar-refractivity contribution in [1.29, 1.82) is 0 Å². The highest BCUT2D eigenvalue weighted by molar-refractivity contribution is 5.93. The minimum absolute atomic E-state index is 0.150. The van der Waals surface area contributed by atoms with Gasteiger partial charge in [-0.25, -0.2) is 9.78 Å². The fourth-order valence-electron chi connectivity index (χ4n) is 2.58. The number of hydrogen-bond acceptors (Lipinski definition) is 5. The maximum absolute atomic E-state index is 11.2. The minimum atomic E-state index is -1.22. The molecule has 1 heterocycles. The van der Waals surface area contributed by atoms with Crippen molar-refractivity contribution >= 4 is 17.5 Å². The Bertz CT molecular complexity index is 557. The zero-order valence-electron chi connectivity index (χ0n) is 11.4. The van der Waals surface area contributed by atoms with E-state index < -0.39 is 10.9 Å². The van der Waals surface area contributed by atoms with Crippen LogP contribution in [0.15, 0.2) is 12.3 Å². The zero-order valence-corrected chi connectivity index (χ0v) is 11.4. The SMILES string of the molecule is CC1(C)CCC(Nc2ncc([N+](=O)[O-])cc2C(=O)O)C1. The average Bonchev–Trinajstić information content (AvgIpc) is 2.68. The lowest BCUT2D eigenvalue weighted by Gasteiger charge is -2.18. The van der Waals surface area contributed by atoms with E-state index in [-0.39, 0.29) is 28.5 Å². The van der Waals surface area contributed by atoms with Gasteiger partial charge in [0.1, 0.15) is 17.6 Å². The molecule has 0 bridgehead atoms. The molecule has 108 valence electrons. The summed E-state index contributed by atoms with van der Waals surface area (Å²) >= 11 is 0. The van der Waals surface area contributed by atoms with E-state index in [2.05, 4.69) is 24.1 Å². The second-order valence-electron chi connectivity index (χ2n) is 5.90. The van der Waals surface area contributed by atoms with Gasteiger partial charge in [0.15, 0.2) is 0 Å². The summed E-state index contributed by atoms with van der Waals surface area (Å²) in [7, 11) is 0. The number of nitro groups is 1. The molecule has 0 amide bonds. The molecule has 0 aliphatic heterocycles. The Balaban J connectivity index is 2.23. The fraction of sp³-hybridized carbons (Fsp3) is 0.538. The smallest absolute Gasteiger partial charge is 0.339 e. The van der Waals surface area contributed by atoms with E-state index >= 15 is 0 Å². The van der Waals surface area contributed by atoms with Crippen molar-refractivity contribution in [3.05, 3.63) is 27.9 Å². The van der Waals surface area contributed by atoms with Gasteiger partial charge in [-0.05, 0) is 24.7 Å². The normalized spacial score (nSPS) is 20.6. The van der Waals surface area contributed by atoms with Crippen molar-refractivity contribution in [2.75, 3.05) is 5.32 Å². The number of aromatic carboxylic acids is 1. The molecule has 1 saturated carbocycles. The molecule has 0 saturated heterocycles. The molecule has 1 aromatic rings. The molecule has 0 aromatic carbocycles. The predicted octanol–water partition coefficient (Wildman–Crippen LogP) is 2.68. The molecule has 1 aromatic heterocycles. The molecular weight excluding hydrogens is 262 g/mol. The number of carboxylic acids is 1. The average molecular weight is 279 g/mol. The van der Waals surface area contributed by atoms with E-state index in [0.717, 1.165) is 31.5 Å². The molecule has 1 aliphatic carbocycles. The second kappa shape index (κ2) is 5.07. The summed E-state index contributed by atoms with van der Waals surface area (Å²) in [4.78, 5) is 25.1. The highest BCUT2D eigenvalue weighted by Crippen LogP contribution is 2.38. The van der Waals surface area contributed by atoms with E-state index in [1.807, 2.05) is 0 Å². The van der Waals surface area contributed by atoms with E-state index in [0.29, 0.717) is 0 Å². The predicted molar refractivity (Wildman–Crippen MR) is 72.9 cm³/mol. The van der Waals surface area contributed by atoms with E-state index in [9.17, 15) is 14.9 Å². The first-order chi connectivity index (χ1) is 9.28. The highest BCUT2D eigenvalue weighted by atomic mass is 16.6. The van der Waals surface area contributed by atoms with Gasteiger partial charge in [0.25, 0.3) is 5.69 Å². The van der Waals surface area contributed by atoms with Crippen molar-refractivity contribution in [3.8, 4) is 0 Å². The van der Waals surface area contributed by atoms with E-state index in [1.165, 1.54) is 0 Å². The Hall–Kier alpha value is -2.18. The van der Waals surface area contributed by atoms with Crippen LogP contribution < -0.4 is 5.32 Å². The van der Waals surface area contributed by atoms with Crippen LogP contribution in [0, 0.1) is 15.5 Å². The third-order valence-corrected chi connectivity index (χ3v) is 3.62. The summed E-state index contributed by atoms with van der Waals surface area (Å²) in [6.07, 6.45) is 3.99. The summed E-state index contributed by atoms with van der Waals surface area (Å²) < 4.78 is 0. The maximum Gasteiger partial charge on any atom is 0.339 e. The monoisotopic (exact) mass is 279 g/mol. The molecule has 1 unspecified atom stereocenters. The number of carbonyl (C=O) groups is 1. The Morgan fingerprint density at radius 2 is 2.30 bits per heavy atom. The molecule has 7 heteroatoms. The Morgan fingerprint density at radius 3 is 2.80 bits per heavy atom. The first kappa shape index (κ1) is 14.2. The largest absolute Gasteiger partial charge is 0.478 e. The minimum Gasteiger partial charge on any atom is -0.478 e. The number of nitrogens with zero attached hydrogens (tertiary/aromatic N) is 2. The summed E-state index contributed by atoms with van der Waals surface area (Å²) in [6.45, 7) is 4.33. The topological polar surface area (TPSA) is 105 Å². The van der Waals surface area contributed by atoms with Gasteiger partial charge in [0.05, 0.1) is 4.92 Å². The van der Waals surface area contributed by atoms with Gasteiger partial charge >= 0.3 is 5.97 Å². The quantitative estimate of drug-likeness (QED) is 0.648. The van der Waals surface area contributed by atoms with Gasteiger partial charge in [0, 0.05) is 12.1 Å². The Kier molecular flexibility index (Phi) is 3.61. The molecule has 1 aliphatic rings. The lowest BCUT2D eigenvalue weighted by atomic mass is 9.92. The number of pyridine rings is 1. The first-order valence-electron chi connectivity index (χ1n) is 6.43. The number of carboxylic acid groups (broad SMARTS) is 1. The summed E-state index contributed by atoms with van der Waals surface area (Å²) in [5.41, 5.74) is -0.259. The second-order valence-corrected chi connectivity index (χ2v) is 5.90. The Labute approximate surface area is 116 Å². The van der Waals surface area contributed by atoms with Crippen LogP contribution in [0.2, 0.25) is 0 Å². The van der Waals surface area contributed by atoms with Gasteiger partial charge in [-0.2, -0.15) is 0 Å². The van der Waals surface area contributed by atoms with Crippen molar-refractivity contribution in [1.82, 2.24) is 4.98 Å². The van der Waals surface area contributed by atoms with Crippen molar-refractivity contribution in [2.24, 2.45) is 5.41 Å². The standard InChI is InChI=1S/C13H17N3O4/c1-13(2)4-3-8(6-13)15-11-10(12(17)18)5-9(7-14-11)16(19)20/h5,7-8H,3-4,6H2,1-2H3,(H,14,15)(H,17,18). The van der Waals surface area contributed by atoms with Crippen LogP contribution in [-0.2, 0) is 0 Å². The lowest BCUT2D eigenvalue weighted by molar-refractivity contribution is -0.385. The van der Waals surface area contributed by atoms with E-state index in [1.54, 1.807) is 0 Å². The Morgan fingerprint density at radius 1 is 1.60 bits per heavy atom. The van der Waals surface area contributed by atoms with Gasteiger partial charge in [-0.15, -0.1) is 0 Å². The van der Waals surface area contributed by atoms with Crippen LogP contribution in [0.3, 0.4) is 0 Å². The first-order valence-corrected chi connectivity index (χ1v) is 6.43. The summed E-state index contributed by atoms with van der Waals surface area (Å²) in [6, 6.07) is 1.19. The summed E-state index contributed by atoms with van der Waals surface area (Å²) in [5.74, 6) is -1.02. The fourth-order valence-corrected chi connectivity index (χ4v) is 2.58. The van der Waals surface area contributed by atoms with Crippen LogP contribution >= 0.6 is 0 Å². The summed E-state index contributed by atoms with van der Waals surface area (Å²) in [5, 5.41) is 22.9. The molecule has 0 spiro atoms. The number of aromatic nitrogens is 1. The van der Waals surface area contributed by atoms with Crippen LogP contribution in [0.4, 0.5) is 11.5 Å². The van der Waals surface area contributed by atoms with Crippen molar-refractivity contribution < 1.29 is 14.8 Å². The number of rotatable bonds is 4. The van der Waals surface area contributed by atoms with Crippen molar-refractivity contribution in [3.63, 3.8) is 0 Å². The third kappa shape index (κ3) is 3.04. The zero-order chi connectivity index (χ0) is 14.9. The van der Waals surface area contributed by atoms with Gasteiger partial charge < -0.3 is 10.4 Å². The van der Waals surface area contributed by atoms with Gasteiger partial charge in [0.2, 0.25) is 0 Å². The van der Waals surface area contributed by atoms with E-state index in [4.69, 9.17) is 5.11 Å². The molecule has 0 radical (unpaired) electrons. The van der Waals surface area contributed by atoms with Gasteiger partial charge in [-0.3, -0.25) is 10.1 Å². The molecule has 2 rings (SSSR count). The van der Waals surface area contributed by atoms with Crippen LogP contribution in [-0.4, -0.2) is 27.0 Å².